The lowest BCUT2D eigenvalue weighted by molar-refractivity contribution is -0.122. The third-order valence-corrected chi connectivity index (χ3v) is 5.26. The van der Waals surface area contributed by atoms with E-state index in [2.05, 4.69) is 10.7 Å². The van der Waals surface area contributed by atoms with E-state index in [1.807, 2.05) is 11.3 Å². The van der Waals surface area contributed by atoms with Crippen LogP contribution in [0.3, 0.4) is 0 Å². The van der Waals surface area contributed by atoms with E-state index in [0.717, 1.165) is 19.6 Å². The Kier molecular flexibility index (Phi) is 4.18. The van der Waals surface area contributed by atoms with Crippen molar-refractivity contribution in [1.29, 1.82) is 0 Å². The Morgan fingerprint density at radius 3 is 3.16 bits per heavy atom. The fraction of sp³-hybridized carbons (Fsp3) is 0.667. The molecule has 0 saturated carbocycles. The summed E-state index contributed by atoms with van der Waals surface area (Å²) in [6.45, 7) is 2.27. The highest BCUT2D eigenvalue weighted by Gasteiger charge is 2.20. The summed E-state index contributed by atoms with van der Waals surface area (Å²) in [4.78, 5) is 13.4. The van der Waals surface area contributed by atoms with Crippen molar-refractivity contribution in [2.24, 2.45) is 5.92 Å². The maximum atomic E-state index is 11.9. The van der Waals surface area contributed by atoms with Gasteiger partial charge in [-0.3, -0.25) is 4.79 Å². The van der Waals surface area contributed by atoms with Gasteiger partial charge in [-0.15, -0.1) is 11.3 Å². The van der Waals surface area contributed by atoms with E-state index in [4.69, 9.17) is 4.74 Å². The van der Waals surface area contributed by atoms with Gasteiger partial charge < -0.3 is 10.1 Å². The van der Waals surface area contributed by atoms with Gasteiger partial charge in [0.2, 0.25) is 5.91 Å². The highest BCUT2D eigenvalue weighted by Crippen LogP contribution is 2.30. The molecule has 2 aliphatic rings. The normalized spacial score (nSPS) is 22.2. The van der Waals surface area contributed by atoms with Crippen molar-refractivity contribution >= 4 is 17.2 Å². The number of carbonyl (C=O) groups is 1. The van der Waals surface area contributed by atoms with Crippen LogP contribution in [0.5, 0.6) is 0 Å². The molecular weight excluding hydrogens is 258 g/mol. The Labute approximate surface area is 118 Å². The Balaban J connectivity index is 1.51. The van der Waals surface area contributed by atoms with Crippen LogP contribution in [-0.4, -0.2) is 19.1 Å². The van der Waals surface area contributed by atoms with Gasteiger partial charge in [-0.05, 0) is 54.5 Å². The molecule has 19 heavy (non-hydrogen) atoms. The molecule has 1 amide bonds. The van der Waals surface area contributed by atoms with Crippen LogP contribution in [0.2, 0.25) is 0 Å². The van der Waals surface area contributed by atoms with Gasteiger partial charge in [-0.1, -0.05) is 0 Å². The molecule has 0 bridgehead atoms. The largest absolute Gasteiger partial charge is 0.381 e. The van der Waals surface area contributed by atoms with Crippen LogP contribution in [0.25, 0.3) is 0 Å². The van der Waals surface area contributed by atoms with Crippen LogP contribution in [0.4, 0.5) is 0 Å². The second kappa shape index (κ2) is 6.06. The summed E-state index contributed by atoms with van der Waals surface area (Å²) in [6.07, 6.45) is 6.69. The third-order valence-electron chi connectivity index (χ3n) is 4.12. The molecular formula is C15H21NO2S. The summed E-state index contributed by atoms with van der Waals surface area (Å²) in [5.74, 6) is 0.600. The van der Waals surface area contributed by atoms with Crippen molar-refractivity contribution < 1.29 is 9.53 Å². The molecule has 1 fully saturated rings. The first-order chi connectivity index (χ1) is 9.33. The number of nitrogens with one attached hydrogen (secondary N) is 1. The lowest BCUT2D eigenvalue weighted by Crippen LogP contribution is -2.25. The van der Waals surface area contributed by atoms with Crippen molar-refractivity contribution in [3.05, 3.63) is 21.4 Å². The zero-order valence-electron chi connectivity index (χ0n) is 11.2. The van der Waals surface area contributed by atoms with Crippen LogP contribution >= 0.6 is 11.3 Å². The molecule has 1 aromatic rings. The minimum atomic E-state index is 0.172. The van der Waals surface area contributed by atoms with Gasteiger partial charge in [-0.25, -0.2) is 0 Å². The van der Waals surface area contributed by atoms with Crippen LogP contribution in [0.1, 0.15) is 41.7 Å². The van der Waals surface area contributed by atoms with Gasteiger partial charge in [0.25, 0.3) is 0 Å². The first kappa shape index (κ1) is 13.1. The quantitative estimate of drug-likeness (QED) is 0.920. The minimum absolute atomic E-state index is 0.172. The van der Waals surface area contributed by atoms with Crippen molar-refractivity contribution in [3.63, 3.8) is 0 Å². The molecule has 2 heterocycles. The Morgan fingerprint density at radius 2 is 2.32 bits per heavy atom. The highest BCUT2D eigenvalue weighted by atomic mass is 32.1. The maximum absolute atomic E-state index is 11.9. The molecule has 1 N–H and O–H groups in total. The van der Waals surface area contributed by atoms with Gasteiger partial charge in [0.15, 0.2) is 0 Å². The zero-order valence-corrected chi connectivity index (χ0v) is 12.1. The summed E-state index contributed by atoms with van der Waals surface area (Å²) in [5, 5.41) is 5.31. The van der Waals surface area contributed by atoms with Crippen molar-refractivity contribution in [3.8, 4) is 0 Å². The second-order valence-electron chi connectivity index (χ2n) is 5.58. The number of hydrogen-bond donors (Lipinski definition) is 1. The summed E-state index contributed by atoms with van der Waals surface area (Å²) >= 11 is 1.87. The summed E-state index contributed by atoms with van der Waals surface area (Å²) in [7, 11) is 0. The number of aryl methyl sites for hydroxylation is 1. The monoisotopic (exact) mass is 279 g/mol. The second-order valence-corrected chi connectivity index (χ2v) is 6.54. The van der Waals surface area contributed by atoms with Gasteiger partial charge in [0, 0.05) is 31.1 Å². The number of carbonyl (C=O) groups excluding carboxylic acids is 1. The molecule has 1 aliphatic heterocycles. The molecule has 104 valence electrons. The molecule has 4 heteroatoms. The van der Waals surface area contributed by atoms with E-state index in [0.29, 0.717) is 18.9 Å². The predicted molar refractivity (Wildman–Crippen MR) is 76.4 cm³/mol. The molecule has 3 rings (SSSR count). The molecule has 1 aromatic heterocycles. The van der Waals surface area contributed by atoms with Crippen molar-refractivity contribution in [2.75, 3.05) is 13.2 Å². The minimum Gasteiger partial charge on any atom is -0.381 e. The topological polar surface area (TPSA) is 38.3 Å². The van der Waals surface area contributed by atoms with E-state index < -0.39 is 0 Å². The van der Waals surface area contributed by atoms with Crippen LogP contribution in [-0.2, 0) is 28.9 Å². The van der Waals surface area contributed by atoms with Crippen LogP contribution < -0.4 is 5.32 Å². The Hall–Kier alpha value is -0.870. The number of rotatable bonds is 4. The van der Waals surface area contributed by atoms with Crippen LogP contribution in [0.15, 0.2) is 5.38 Å². The van der Waals surface area contributed by atoms with E-state index in [1.54, 1.807) is 4.88 Å². The van der Waals surface area contributed by atoms with E-state index in [1.165, 1.54) is 36.8 Å². The smallest absolute Gasteiger partial charge is 0.220 e. The van der Waals surface area contributed by atoms with E-state index in [-0.39, 0.29) is 5.91 Å². The van der Waals surface area contributed by atoms with Gasteiger partial charge in [0.1, 0.15) is 0 Å². The SMILES string of the molecule is O=C(CC1CCOC1)NCc1csc2c1CCCC2. The van der Waals surface area contributed by atoms with Gasteiger partial charge >= 0.3 is 0 Å². The van der Waals surface area contributed by atoms with E-state index >= 15 is 0 Å². The molecule has 1 saturated heterocycles. The van der Waals surface area contributed by atoms with Gasteiger partial charge in [-0.2, -0.15) is 0 Å². The van der Waals surface area contributed by atoms with Gasteiger partial charge in [0.05, 0.1) is 0 Å². The summed E-state index contributed by atoms with van der Waals surface area (Å²) in [5.41, 5.74) is 2.86. The Morgan fingerprint density at radius 1 is 1.42 bits per heavy atom. The fourth-order valence-corrected chi connectivity index (χ4v) is 4.13. The maximum Gasteiger partial charge on any atom is 0.220 e. The zero-order chi connectivity index (χ0) is 13.1. The fourth-order valence-electron chi connectivity index (χ4n) is 2.98. The number of amides is 1. The van der Waals surface area contributed by atoms with E-state index in [9.17, 15) is 4.79 Å². The molecule has 1 unspecified atom stereocenters. The lowest BCUT2D eigenvalue weighted by Gasteiger charge is -2.13. The first-order valence-corrected chi connectivity index (χ1v) is 8.13. The third kappa shape index (κ3) is 3.18. The van der Waals surface area contributed by atoms with Crippen LogP contribution in [0, 0.1) is 5.92 Å². The average Bonchev–Trinajstić information content (AvgIpc) is 3.05. The molecule has 0 spiro atoms. The highest BCUT2D eigenvalue weighted by molar-refractivity contribution is 7.10. The van der Waals surface area contributed by atoms with Crippen molar-refractivity contribution in [2.45, 2.75) is 45.1 Å². The number of fused-ring (bicyclic) bond motifs is 1. The van der Waals surface area contributed by atoms with Crippen molar-refractivity contribution in [1.82, 2.24) is 5.32 Å². The molecule has 3 nitrogen and oxygen atoms in total. The molecule has 0 aromatic carbocycles. The number of ether oxygens (including phenoxy) is 1. The summed E-state index contributed by atoms with van der Waals surface area (Å²) in [6, 6.07) is 0. The Bertz CT molecular complexity index is 449. The lowest BCUT2D eigenvalue weighted by atomic mass is 9.96. The molecule has 0 radical (unpaired) electrons. The number of hydrogen-bond acceptors (Lipinski definition) is 3. The average molecular weight is 279 g/mol. The first-order valence-electron chi connectivity index (χ1n) is 7.25. The molecule has 1 atom stereocenters. The molecule has 1 aliphatic carbocycles. The summed E-state index contributed by atoms with van der Waals surface area (Å²) < 4.78 is 5.30. The number of thiophene rings is 1. The standard InChI is InChI=1S/C15H21NO2S/c17-15(7-11-5-6-18-9-11)16-8-12-10-19-14-4-2-1-3-13(12)14/h10-11H,1-9H2,(H,16,17). The predicted octanol–water partition coefficient (Wildman–Crippen LogP) is 2.67.